The summed E-state index contributed by atoms with van der Waals surface area (Å²) in [6.07, 6.45) is 2.70. The number of benzene rings is 1. The van der Waals surface area contributed by atoms with Gasteiger partial charge in [-0.3, -0.25) is 9.38 Å². The van der Waals surface area contributed by atoms with Gasteiger partial charge in [0, 0.05) is 17.1 Å². The van der Waals surface area contributed by atoms with Crippen LogP contribution < -0.4 is 0 Å². The summed E-state index contributed by atoms with van der Waals surface area (Å²) in [6, 6.07) is 6.78. The second-order valence-electron chi connectivity index (χ2n) is 5.46. The third-order valence-electron chi connectivity index (χ3n) is 4.04. The summed E-state index contributed by atoms with van der Waals surface area (Å²) in [4.78, 5) is 3.86. The number of nitrogens with zero attached hydrogens (tertiary/aromatic N) is 4. The first-order valence-corrected chi connectivity index (χ1v) is 7.11. The lowest BCUT2D eigenvalue weighted by Gasteiger charge is -2.10. The molecule has 4 rings (SSSR count). The first-order valence-electron chi connectivity index (χ1n) is 7.11. The molecule has 6 heteroatoms. The van der Waals surface area contributed by atoms with Crippen LogP contribution in [0.1, 0.15) is 11.4 Å². The summed E-state index contributed by atoms with van der Waals surface area (Å²) >= 11 is 0. The Morgan fingerprint density at radius 1 is 0.957 bits per heavy atom. The van der Waals surface area contributed by atoms with Crippen molar-refractivity contribution in [2.75, 3.05) is 0 Å². The maximum atomic E-state index is 14.8. The van der Waals surface area contributed by atoms with Gasteiger partial charge in [0.2, 0.25) is 0 Å². The van der Waals surface area contributed by atoms with E-state index in [0.717, 1.165) is 6.20 Å². The number of aryl methyl sites for hydroxylation is 1. The van der Waals surface area contributed by atoms with E-state index >= 15 is 0 Å². The van der Waals surface area contributed by atoms with E-state index < -0.39 is 11.6 Å². The molecule has 0 fully saturated rings. The molecule has 0 aliphatic rings. The third-order valence-corrected chi connectivity index (χ3v) is 4.04. The molecule has 3 aromatic heterocycles. The zero-order valence-electron chi connectivity index (χ0n) is 12.5. The summed E-state index contributed by atoms with van der Waals surface area (Å²) in [5.41, 5.74) is 2.61. The van der Waals surface area contributed by atoms with Crippen molar-refractivity contribution in [1.29, 1.82) is 0 Å². The highest BCUT2D eigenvalue weighted by Crippen LogP contribution is 2.30. The monoisotopic (exact) mass is 310 g/mol. The molecule has 0 bridgehead atoms. The van der Waals surface area contributed by atoms with Crippen molar-refractivity contribution in [2.24, 2.45) is 0 Å². The van der Waals surface area contributed by atoms with Crippen LogP contribution in [-0.4, -0.2) is 19.6 Å². The number of hydrogen-bond acceptors (Lipinski definition) is 3. The quantitative estimate of drug-likeness (QED) is 0.536. The fourth-order valence-corrected chi connectivity index (χ4v) is 2.86. The average molecular weight is 310 g/mol. The molecule has 0 atom stereocenters. The van der Waals surface area contributed by atoms with Gasteiger partial charge in [0.1, 0.15) is 17.5 Å². The Morgan fingerprint density at radius 2 is 1.78 bits per heavy atom. The van der Waals surface area contributed by atoms with Crippen LogP contribution >= 0.6 is 0 Å². The van der Waals surface area contributed by atoms with Crippen LogP contribution in [0, 0.1) is 25.5 Å². The van der Waals surface area contributed by atoms with Gasteiger partial charge in [-0.1, -0.05) is 0 Å². The smallest absolute Gasteiger partial charge is 0.161 e. The molecular weight excluding hydrogens is 298 g/mol. The highest BCUT2D eigenvalue weighted by atomic mass is 19.1. The van der Waals surface area contributed by atoms with Gasteiger partial charge >= 0.3 is 0 Å². The van der Waals surface area contributed by atoms with Gasteiger partial charge in [-0.05, 0) is 49.2 Å². The van der Waals surface area contributed by atoms with E-state index in [1.165, 1.54) is 6.07 Å². The van der Waals surface area contributed by atoms with Gasteiger partial charge in [-0.15, -0.1) is 10.2 Å². The Balaban J connectivity index is 2.07. The number of halogens is 2. The van der Waals surface area contributed by atoms with Crippen molar-refractivity contribution in [3.05, 3.63) is 59.7 Å². The maximum absolute atomic E-state index is 14.8. The van der Waals surface area contributed by atoms with Crippen molar-refractivity contribution < 1.29 is 8.78 Å². The molecule has 4 nitrogen and oxygen atoms in total. The molecule has 0 N–H and O–H groups in total. The third kappa shape index (κ3) is 1.98. The molecule has 0 radical (unpaired) electrons. The van der Waals surface area contributed by atoms with Gasteiger partial charge < -0.3 is 0 Å². The fourth-order valence-electron chi connectivity index (χ4n) is 2.86. The van der Waals surface area contributed by atoms with Crippen LogP contribution in [0.25, 0.3) is 27.7 Å². The molecule has 4 aromatic rings. The van der Waals surface area contributed by atoms with E-state index in [2.05, 4.69) is 15.2 Å². The number of hydrogen-bond donors (Lipinski definition) is 0. The first kappa shape index (κ1) is 13.8. The van der Waals surface area contributed by atoms with E-state index in [9.17, 15) is 8.78 Å². The lowest BCUT2D eigenvalue weighted by atomic mass is 10.0. The van der Waals surface area contributed by atoms with Crippen LogP contribution in [0.3, 0.4) is 0 Å². The minimum Gasteiger partial charge on any atom is -0.276 e. The van der Waals surface area contributed by atoms with Crippen molar-refractivity contribution in [1.82, 2.24) is 19.6 Å². The van der Waals surface area contributed by atoms with E-state index in [1.54, 1.807) is 36.6 Å². The largest absolute Gasteiger partial charge is 0.276 e. The molecule has 0 unspecified atom stereocenters. The van der Waals surface area contributed by atoms with Crippen LogP contribution in [0.5, 0.6) is 0 Å². The van der Waals surface area contributed by atoms with Gasteiger partial charge in [-0.2, -0.15) is 0 Å². The minimum absolute atomic E-state index is 0.408. The van der Waals surface area contributed by atoms with Crippen LogP contribution in [0.4, 0.5) is 8.78 Å². The highest BCUT2D eigenvalue weighted by molar-refractivity contribution is 5.87. The molecule has 1 aromatic carbocycles. The molecule has 0 saturated carbocycles. The molecule has 0 spiro atoms. The SMILES string of the molecule is Cc1c(F)cncc1-c1cc(F)c2c(ccc3nnc(C)n32)c1. The van der Waals surface area contributed by atoms with E-state index in [-0.39, 0.29) is 0 Å². The van der Waals surface area contributed by atoms with Crippen LogP contribution in [0.15, 0.2) is 36.7 Å². The van der Waals surface area contributed by atoms with Crippen molar-refractivity contribution >= 4 is 16.6 Å². The predicted octanol–water partition coefficient (Wildman–Crippen LogP) is 3.84. The Bertz CT molecular complexity index is 1070. The molecule has 23 heavy (non-hydrogen) atoms. The minimum atomic E-state index is -0.409. The van der Waals surface area contributed by atoms with Crippen molar-refractivity contribution in [2.45, 2.75) is 13.8 Å². The standard InChI is InChI=1S/C17H12F2N4/c1-9-13(7-20-8-15(9)19)12-5-11-3-4-16-22-21-10(2)23(16)17(11)14(18)6-12/h3-8H,1-2H3. The van der Waals surface area contributed by atoms with Gasteiger partial charge in [0.25, 0.3) is 0 Å². The van der Waals surface area contributed by atoms with Crippen molar-refractivity contribution in [3.63, 3.8) is 0 Å². The Kier molecular flexibility index (Phi) is 2.87. The number of rotatable bonds is 1. The second kappa shape index (κ2) is 4.81. The number of fused-ring (bicyclic) bond motifs is 3. The molecule has 0 amide bonds. The molecule has 0 saturated heterocycles. The molecule has 0 aliphatic heterocycles. The molecule has 3 heterocycles. The molecule has 114 valence electrons. The Labute approximate surface area is 130 Å². The van der Waals surface area contributed by atoms with Crippen LogP contribution in [-0.2, 0) is 0 Å². The average Bonchev–Trinajstić information content (AvgIpc) is 2.91. The maximum Gasteiger partial charge on any atom is 0.161 e. The highest BCUT2D eigenvalue weighted by Gasteiger charge is 2.14. The lowest BCUT2D eigenvalue weighted by molar-refractivity contribution is 0.612. The van der Waals surface area contributed by atoms with E-state index in [0.29, 0.717) is 39.1 Å². The van der Waals surface area contributed by atoms with Gasteiger partial charge in [0.15, 0.2) is 5.65 Å². The van der Waals surface area contributed by atoms with Gasteiger partial charge in [0.05, 0.1) is 11.7 Å². The van der Waals surface area contributed by atoms with Crippen LogP contribution in [0.2, 0.25) is 0 Å². The summed E-state index contributed by atoms with van der Waals surface area (Å²) in [5.74, 6) is -0.205. The first-order chi connectivity index (χ1) is 11.1. The fraction of sp³-hybridized carbons (Fsp3) is 0.118. The molecular formula is C17H12F2N4. The lowest BCUT2D eigenvalue weighted by Crippen LogP contribution is -1.96. The Morgan fingerprint density at radius 3 is 2.61 bits per heavy atom. The zero-order chi connectivity index (χ0) is 16.1. The van der Waals surface area contributed by atoms with E-state index in [4.69, 9.17) is 0 Å². The normalized spacial score (nSPS) is 11.5. The Hall–Kier alpha value is -2.89. The second-order valence-corrected chi connectivity index (χ2v) is 5.46. The van der Waals surface area contributed by atoms with Crippen molar-refractivity contribution in [3.8, 4) is 11.1 Å². The number of aromatic nitrogens is 4. The summed E-state index contributed by atoms with van der Waals surface area (Å²) in [6.45, 7) is 3.43. The zero-order valence-corrected chi connectivity index (χ0v) is 12.5. The van der Waals surface area contributed by atoms with E-state index in [1.807, 2.05) is 6.07 Å². The topological polar surface area (TPSA) is 43.1 Å². The van der Waals surface area contributed by atoms with Gasteiger partial charge in [-0.25, -0.2) is 8.78 Å². The molecule has 0 aliphatic carbocycles. The summed E-state index contributed by atoms with van der Waals surface area (Å²) < 4.78 is 30.2. The number of pyridine rings is 2. The summed E-state index contributed by atoms with van der Waals surface area (Å²) in [5, 5.41) is 8.68. The predicted molar refractivity (Wildman–Crippen MR) is 83.1 cm³/mol. The summed E-state index contributed by atoms with van der Waals surface area (Å²) in [7, 11) is 0.